The lowest BCUT2D eigenvalue weighted by molar-refractivity contribution is -0.479. The van der Waals surface area contributed by atoms with E-state index in [9.17, 15) is 10.1 Å². The van der Waals surface area contributed by atoms with Crippen LogP contribution in [0.5, 0.6) is 11.5 Å². The smallest absolute Gasteiger partial charge is 0.220 e. The van der Waals surface area contributed by atoms with Gasteiger partial charge in [0.2, 0.25) is 6.54 Å². The summed E-state index contributed by atoms with van der Waals surface area (Å²) in [4.78, 5) is 11.3. The molecule has 8 nitrogen and oxygen atoms in total. The minimum absolute atomic E-state index is 0.269. The lowest BCUT2D eigenvalue weighted by Crippen LogP contribution is -2.12. The molecule has 10 heteroatoms. The first-order valence-corrected chi connectivity index (χ1v) is 13.0. The van der Waals surface area contributed by atoms with Crippen LogP contribution in [0.1, 0.15) is 34.7 Å². The van der Waals surface area contributed by atoms with E-state index >= 15 is 0 Å². The quantitative estimate of drug-likeness (QED) is 0.120. The molecule has 3 aromatic carbocycles. The van der Waals surface area contributed by atoms with E-state index in [1.165, 1.54) is 11.8 Å². The number of hydrogen-bond donors (Lipinski definition) is 0. The van der Waals surface area contributed by atoms with Crippen LogP contribution >= 0.6 is 23.4 Å². The van der Waals surface area contributed by atoms with E-state index in [1.807, 2.05) is 79.9 Å². The molecule has 0 saturated heterocycles. The van der Waals surface area contributed by atoms with E-state index in [1.54, 1.807) is 12.1 Å². The van der Waals surface area contributed by atoms with Crippen LogP contribution < -0.4 is 9.47 Å². The van der Waals surface area contributed by atoms with Crippen LogP contribution in [-0.2, 0) is 6.61 Å². The van der Waals surface area contributed by atoms with Gasteiger partial charge in [-0.1, -0.05) is 59.8 Å². The van der Waals surface area contributed by atoms with Crippen LogP contribution in [0.3, 0.4) is 0 Å². The Morgan fingerprint density at radius 3 is 2.57 bits per heavy atom. The molecule has 1 atom stereocenters. The van der Waals surface area contributed by atoms with Crippen molar-refractivity contribution in [3.8, 4) is 17.2 Å². The minimum atomic E-state index is -0.529. The predicted octanol–water partition coefficient (Wildman–Crippen LogP) is 6.63. The third kappa shape index (κ3) is 6.61. The number of aromatic nitrogens is 3. The molecule has 0 aliphatic carbocycles. The first-order valence-electron chi connectivity index (χ1n) is 11.8. The van der Waals surface area contributed by atoms with E-state index < -0.39 is 5.25 Å². The normalized spacial score (nSPS) is 11.8. The van der Waals surface area contributed by atoms with Crippen molar-refractivity contribution in [3.05, 3.63) is 104 Å². The second kappa shape index (κ2) is 12.1. The first-order chi connectivity index (χ1) is 17.9. The Labute approximate surface area is 224 Å². The summed E-state index contributed by atoms with van der Waals surface area (Å²) in [6.07, 6.45) is 0. The van der Waals surface area contributed by atoms with Crippen LogP contribution in [0.4, 0.5) is 0 Å². The summed E-state index contributed by atoms with van der Waals surface area (Å²) in [6.45, 7) is 6.14. The Hall–Kier alpha value is -3.56. The molecule has 0 radical (unpaired) electrons. The van der Waals surface area contributed by atoms with Crippen molar-refractivity contribution in [2.75, 3.05) is 13.2 Å². The van der Waals surface area contributed by atoms with E-state index in [0.29, 0.717) is 34.1 Å². The number of halogens is 1. The van der Waals surface area contributed by atoms with Crippen molar-refractivity contribution in [1.82, 2.24) is 14.8 Å². The van der Waals surface area contributed by atoms with Crippen molar-refractivity contribution in [1.29, 1.82) is 0 Å². The maximum atomic E-state index is 11.6. The Bertz CT molecular complexity index is 1390. The number of benzene rings is 3. The number of ether oxygens (including phenoxy) is 2. The van der Waals surface area contributed by atoms with Crippen molar-refractivity contribution in [2.24, 2.45) is 0 Å². The van der Waals surface area contributed by atoms with Gasteiger partial charge in [-0.3, -0.25) is 14.7 Å². The monoisotopic (exact) mass is 538 g/mol. The lowest BCUT2D eigenvalue weighted by Gasteiger charge is -2.18. The highest BCUT2D eigenvalue weighted by Gasteiger charge is 2.25. The number of nitro groups is 1. The van der Waals surface area contributed by atoms with Gasteiger partial charge in [0.05, 0.1) is 6.61 Å². The molecule has 0 aliphatic heterocycles. The van der Waals surface area contributed by atoms with Gasteiger partial charge in [0.15, 0.2) is 16.7 Å². The third-order valence-corrected chi connectivity index (χ3v) is 7.15. The summed E-state index contributed by atoms with van der Waals surface area (Å²) in [5.41, 5.74) is 3.58. The summed E-state index contributed by atoms with van der Waals surface area (Å²) in [7, 11) is 0. The molecular formula is C27H27ClN4O4S. The van der Waals surface area contributed by atoms with Crippen LogP contribution in [0.2, 0.25) is 5.02 Å². The Morgan fingerprint density at radius 1 is 1.03 bits per heavy atom. The molecule has 1 heterocycles. The average Bonchev–Trinajstić information content (AvgIpc) is 3.23. The van der Waals surface area contributed by atoms with Crippen LogP contribution in [0.25, 0.3) is 5.69 Å². The maximum Gasteiger partial charge on any atom is 0.220 e. The molecule has 192 valence electrons. The molecule has 0 N–H and O–H groups in total. The third-order valence-electron chi connectivity index (χ3n) is 5.60. The van der Waals surface area contributed by atoms with E-state index in [-0.39, 0.29) is 18.1 Å². The van der Waals surface area contributed by atoms with Gasteiger partial charge in [-0.15, -0.1) is 10.2 Å². The summed E-state index contributed by atoms with van der Waals surface area (Å²) < 4.78 is 13.8. The molecule has 0 aliphatic rings. The van der Waals surface area contributed by atoms with Crippen molar-refractivity contribution >= 4 is 23.4 Å². The van der Waals surface area contributed by atoms with Gasteiger partial charge >= 0.3 is 0 Å². The molecule has 1 aromatic heterocycles. The largest absolute Gasteiger partial charge is 0.490 e. The molecular weight excluding hydrogens is 512 g/mol. The number of rotatable bonds is 11. The topological polar surface area (TPSA) is 92.3 Å². The number of thioether (sulfide) groups is 1. The van der Waals surface area contributed by atoms with Gasteiger partial charge in [0.1, 0.15) is 17.7 Å². The zero-order valence-corrected chi connectivity index (χ0v) is 22.3. The van der Waals surface area contributed by atoms with Crippen molar-refractivity contribution in [3.63, 3.8) is 0 Å². The van der Waals surface area contributed by atoms with Gasteiger partial charge in [0, 0.05) is 21.2 Å². The van der Waals surface area contributed by atoms with Gasteiger partial charge in [-0.2, -0.15) is 0 Å². The molecule has 0 saturated carbocycles. The van der Waals surface area contributed by atoms with Crippen molar-refractivity contribution < 1.29 is 14.4 Å². The fourth-order valence-corrected chi connectivity index (χ4v) is 5.19. The SMILES string of the molecule is CCOc1cc([C@H](C[N+](=O)[O-])Sc2nnc(C)n2-c2cccc(C)c2)ccc1OCc1ccccc1Cl. The van der Waals surface area contributed by atoms with E-state index in [4.69, 9.17) is 21.1 Å². The van der Waals surface area contributed by atoms with Gasteiger partial charge in [-0.05, 0) is 62.2 Å². The summed E-state index contributed by atoms with van der Waals surface area (Å²) in [5.74, 6) is 1.75. The van der Waals surface area contributed by atoms with Crippen LogP contribution in [0, 0.1) is 24.0 Å². The van der Waals surface area contributed by atoms with E-state index in [0.717, 1.165) is 22.4 Å². The first kappa shape index (κ1) is 26.5. The number of hydrogen-bond acceptors (Lipinski definition) is 7. The predicted molar refractivity (Wildman–Crippen MR) is 145 cm³/mol. The highest BCUT2D eigenvalue weighted by atomic mass is 35.5. The highest BCUT2D eigenvalue weighted by Crippen LogP contribution is 2.40. The lowest BCUT2D eigenvalue weighted by atomic mass is 10.1. The molecule has 4 rings (SSSR count). The van der Waals surface area contributed by atoms with E-state index in [2.05, 4.69) is 10.2 Å². The highest BCUT2D eigenvalue weighted by molar-refractivity contribution is 7.99. The molecule has 0 fully saturated rings. The average molecular weight is 539 g/mol. The Balaban J connectivity index is 1.63. The zero-order valence-electron chi connectivity index (χ0n) is 20.8. The number of nitrogens with zero attached hydrogens (tertiary/aromatic N) is 4. The molecule has 0 amide bonds. The van der Waals surface area contributed by atoms with Gasteiger partial charge in [-0.25, -0.2) is 0 Å². The summed E-state index contributed by atoms with van der Waals surface area (Å²) in [6, 6.07) is 20.8. The summed E-state index contributed by atoms with van der Waals surface area (Å²) >= 11 is 7.56. The Kier molecular flexibility index (Phi) is 8.68. The molecule has 0 spiro atoms. The standard InChI is InChI=1S/C27H27ClN4O4S/c1-4-35-25-15-20(12-13-24(25)36-17-21-9-5-6-11-23(21)28)26(16-31(33)34)37-27-30-29-19(3)32(27)22-10-7-8-18(2)14-22/h5-15,26H,4,16-17H2,1-3H3/t26-/m0/s1. The number of aryl methyl sites for hydroxylation is 2. The fourth-order valence-electron chi connectivity index (χ4n) is 3.84. The second-order valence-electron chi connectivity index (χ2n) is 8.35. The van der Waals surface area contributed by atoms with Crippen LogP contribution in [0.15, 0.2) is 71.9 Å². The molecule has 4 aromatic rings. The molecule has 0 bridgehead atoms. The zero-order chi connectivity index (χ0) is 26.4. The van der Waals surface area contributed by atoms with Crippen molar-refractivity contribution in [2.45, 2.75) is 37.8 Å². The van der Waals surface area contributed by atoms with Gasteiger partial charge in [0.25, 0.3) is 0 Å². The maximum absolute atomic E-state index is 11.6. The second-order valence-corrected chi connectivity index (χ2v) is 9.92. The minimum Gasteiger partial charge on any atom is -0.490 e. The molecule has 0 unspecified atom stereocenters. The van der Waals surface area contributed by atoms with Crippen LogP contribution in [-0.4, -0.2) is 32.8 Å². The van der Waals surface area contributed by atoms with Gasteiger partial charge < -0.3 is 9.47 Å². The summed E-state index contributed by atoms with van der Waals surface area (Å²) in [5, 5.41) is 20.9. The Morgan fingerprint density at radius 2 is 1.84 bits per heavy atom. The molecule has 37 heavy (non-hydrogen) atoms. The fraction of sp³-hybridized carbons (Fsp3) is 0.259.